The average Bonchev–Trinajstić information content (AvgIpc) is 2.63. The van der Waals surface area contributed by atoms with Crippen LogP contribution in [0.25, 0.3) is 0 Å². The molecule has 0 atom stereocenters. The van der Waals surface area contributed by atoms with Crippen LogP contribution in [0.2, 0.25) is 0 Å². The molecule has 134 valence electrons. The highest BCUT2D eigenvalue weighted by Gasteiger charge is 2.12. The van der Waals surface area contributed by atoms with E-state index in [0.717, 1.165) is 0 Å². The van der Waals surface area contributed by atoms with Crippen molar-refractivity contribution in [3.63, 3.8) is 0 Å². The number of carboxylic acid groups (broad SMARTS) is 1. The second-order valence-corrected chi connectivity index (χ2v) is 5.28. The first-order valence-electron chi connectivity index (χ1n) is 7.49. The lowest BCUT2D eigenvalue weighted by Gasteiger charge is -2.07. The van der Waals surface area contributed by atoms with Gasteiger partial charge in [-0.15, -0.1) is 0 Å². The molecule has 0 spiro atoms. The summed E-state index contributed by atoms with van der Waals surface area (Å²) in [4.78, 5) is 33.0. The number of anilines is 1. The maximum Gasteiger partial charge on any atom is 0.303 e. The number of oxime groups is 1. The molecule has 2 rings (SSSR count). The van der Waals surface area contributed by atoms with Gasteiger partial charge in [-0.25, -0.2) is 0 Å². The van der Waals surface area contributed by atoms with E-state index in [0.29, 0.717) is 11.3 Å². The van der Waals surface area contributed by atoms with Crippen molar-refractivity contribution in [3.8, 4) is 0 Å². The second kappa shape index (κ2) is 8.38. The van der Waals surface area contributed by atoms with E-state index in [1.54, 1.807) is 24.3 Å². The van der Waals surface area contributed by atoms with Crippen LogP contribution in [0, 0.1) is 10.1 Å². The zero-order chi connectivity index (χ0) is 19.1. The summed E-state index contributed by atoms with van der Waals surface area (Å²) in [7, 11) is 0. The number of non-ortho nitro benzene ring substituents is 1. The van der Waals surface area contributed by atoms with E-state index in [9.17, 15) is 19.7 Å². The molecular formula is C17H15N3O6. The number of amides is 1. The van der Waals surface area contributed by atoms with E-state index in [4.69, 9.17) is 10.3 Å². The number of nitro groups is 1. The van der Waals surface area contributed by atoms with Crippen LogP contribution in [0.5, 0.6) is 0 Å². The minimum absolute atomic E-state index is 0.0607. The average molecular weight is 357 g/mol. The van der Waals surface area contributed by atoms with Crippen molar-refractivity contribution in [1.29, 1.82) is 0 Å². The van der Waals surface area contributed by atoms with Crippen LogP contribution in [0.15, 0.2) is 53.7 Å². The van der Waals surface area contributed by atoms with Gasteiger partial charge in [0.05, 0.1) is 17.1 Å². The van der Waals surface area contributed by atoms with E-state index >= 15 is 0 Å². The van der Waals surface area contributed by atoms with E-state index in [2.05, 4.69) is 10.5 Å². The second-order valence-electron chi connectivity index (χ2n) is 5.28. The van der Waals surface area contributed by atoms with Crippen LogP contribution in [-0.4, -0.2) is 32.8 Å². The van der Waals surface area contributed by atoms with Gasteiger partial charge in [0, 0.05) is 29.8 Å². The standard InChI is InChI=1S/C17H15N3O6/c21-16(22)9-8-15(19-24)11-4-6-13(7-5-11)18-17(23)12-2-1-3-14(10-12)20(25)26/h1-7,10,24H,8-9H2,(H,18,23)(H,21,22)/b19-15-. The molecular weight excluding hydrogens is 342 g/mol. The lowest BCUT2D eigenvalue weighted by atomic mass is 10.1. The number of nitrogens with zero attached hydrogens (tertiary/aromatic N) is 2. The Kier molecular flexibility index (Phi) is 5.99. The van der Waals surface area contributed by atoms with Crippen molar-refractivity contribution in [2.75, 3.05) is 5.32 Å². The lowest BCUT2D eigenvalue weighted by Crippen LogP contribution is -2.12. The van der Waals surface area contributed by atoms with Crippen molar-refractivity contribution >= 4 is 29.0 Å². The number of carboxylic acids is 1. The molecule has 0 fully saturated rings. The van der Waals surface area contributed by atoms with Crippen molar-refractivity contribution < 1.29 is 24.8 Å². The maximum atomic E-state index is 12.2. The fraction of sp³-hybridized carbons (Fsp3) is 0.118. The first-order valence-corrected chi connectivity index (χ1v) is 7.49. The smallest absolute Gasteiger partial charge is 0.303 e. The lowest BCUT2D eigenvalue weighted by molar-refractivity contribution is -0.384. The maximum absolute atomic E-state index is 12.2. The SMILES string of the molecule is O=C(O)CC/C(=N/O)c1ccc(NC(=O)c2cccc([N+](=O)[O-])c2)cc1. The minimum Gasteiger partial charge on any atom is -0.481 e. The molecule has 0 aliphatic rings. The zero-order valence-electron chi connectivity index (χ0n) is 13.5. The van der Waals surface area contributed by atoms with Crippen LogP contribution < -0.4 is 5.32 Å². The predicted octanol–water partition coefficient (Wildman–Crippen LogP) is 2.89. The van der Waals surface area contributed by atoms with Crippen molar-refractivity contribution in [1.82, 2.24) is 0 Å². The van der Waals surface area contributed by atoms with Gasteiger partial charge in [0.1, 0.15) is 0 Å². The molecule has 0 heterocycles. The summed E-state index contributed by atoms with van der Waals surface area (Å²) < 4.78 is 0. The summed E-state index contributed by atoms with van der Waals surface area (Å²) in [5.41, 5.74) is 1.12. The Labute approximate surface area is 147 Å². The van der Waals surface area contributed by atoms with Crippen LogP contribution in [0.4, 0.5) is 11.4 Å². The highest BCUT2D eigenvalue weighted by molar-refractivity contribution is 6.05. The summed E-state index contributed by atoms with van der Waals surface area (Å²) in [5.74, 6) is -1.52. The van der Waals surface area contributed by atoms with Crippen molar-refractivity contribution in [3.05, 3.63) is 69.8 Å². The van der Waals surface area contributed by atoms with Gasteiger partial charge in [-0.2, -0.15) is 0 Å². The largest absolute Gasteiger partial charge is 0.481 e. The number of rotatable bonds is 7. The molecule has 2 aromatic carbocycles. The quantitative estimate of drug-likeness (QED) is 0.301. The summed E-state index contributed by atoms with van der Waals surface area (Å²) >= 11 is 0. The Balaban J connectivity index is 2.09. The number of hydrogen-bond acceptors (Lipinski definition) is 6. The molecule has 0 radical (unpaired) electrons. The minimum atomic E-state index is -1.01. The number of nitro benzene ring substituents is 1. The van der Waals surface area contributed by atoms with E-state index < -0.39 is 16.8 Å². The summed E-state index contributed by atoms with van der Waals surface area (Å²) in [6, 6.07) is 11.6. The Hall–Kier alpha value is -3.75. The van der Waals surface area contributed by atoms with Gasteiger partial charge < -0.3 is 15.6 Å². The Bertz CT molecular complexity index is 861. The molecule has 9 nitrogen and oxygen atoms in total. The number of carbonyl (C=O) groups excluding carboxylic acids is 1. The molecule has 0 aromatic heterocycles. The molecule has 2 aromatic rings. The molecule has 0 aliphatic heterocycles. The molecule has 0 unspecified atom stereocenters. The predicted molar refractivity (Wildman–Crippen MR) is 92.7 cm³/mol. The van der Waals surface area contributed by atoms with Gasteiger partial charge in [-0.05, 0) is 23.8 Å². The monoisotopic (exact) mass is 357 g/mol. The molecule has 3 N–H and O–H groups in total. The highest BCUT2D eigenvalue weighted by atomic mass is 16.6. The van der Waals surface area contributed by atoms with Crippen LogP contribution >= 0.6 is 0 Å². The third kappa shape index (κ3) is 4.87. The first-order chi connectivity index (χ1) is 12.4. The molecule has 26 heavy (non-hydrogen) atoms. The van der Waals surface area contributed by atoms with Crippen LogP contribution in [0.1, 0.15) is 28.8 Å². The Morgan fingerprint density at radius 3 is 2.35 bits per heavy atom. The zero-order valence-corrected chi connectivity index (χ0v) is 13.5. The van der Waals surface area contributed by atoms with Gasteiger partial charge in [-0.1, -0.05) is 23.4 Å². The normalized spacial score (nSPS) is 11.0. The van der Waals surface area contributed by atoms with Crippen molar-refractivity contribution in [2.24, 2.45) is 5.16 Å². The van der Waals surface area contributed by atoms with Gasteiger partial charge in [-0.3, -0.25) is 19.7 Å². The fourth-order valence-electron chi connectivity index (χ4n) is 2.19. The molecule has 0 saturated carbocycles. The molecule has 0 saturated heterocycles. The fourth-order valence-corrected chi connectivity index (χ4v) is 2.19. The van der Waals surface area contributed by atoms with E-state index in [-0.39, 0.29) is 29.8 Å². The molecule has 0 bridgehead atoms. The topological polar surface area (TPSA) is 142 Å². The Morgan fingerprint density at radius 1 is 1.08 bits per heavy atom. The Morgan fingerprint density at radius 2 is 1.77 bits per heavy atom. The summed E-state index contributed by atoms with van der Waals surface area (Å²) in [6.45, 7) is 0. The third-order valence-electron chi connectivity index (χ3n) is 3.49. The number of hydrogen-bond donors (Lipinski definition) is 3. The molecule has 1 amide bonds. The van der Waals surface area contributed by atoms with E-state index in [1.807, 2.05) is 0 Å². The number of nitrogens with one attached hydrogen (secondary N) is 1. The number of aliphatic carboxylic acids is 1. The summed E-state index contributed by atoms with van der Waals surface area (Å²) in [5, 5.41) is 34.1. The third-order valence-corrected chi connectivity index (χ3v) is 3.49. The van der Waals surface area contributed by atoms with Crippen LogP contribution in [-0.2, 0) is 4.79 Å². The number of benzene rings is 2. The van der Waals surface area contributed by atoms with Crippen molar-refractivity contribution in [2.45, 2.75) is 12.8 Å². The van der Waals surface area contributed by atoms with Crippen LogP contribution in [0.3, 0.4) is 0 Å². The van der Waals surface area contributed by atoms with Gasteiger partial charge in [0.15, 0.2) is 0 Å². The van der Waals surface area contributed by atoms with Gasteiger partial charge >= 0.3 is 5.97 Å². The van der Waals surface area contributed by atoms with Gasteiger partial charge in [0.25, 0.3) is 11.6 Å². The summed E-state index contributed by atoms with van der Waals surface area (Å²) in [6.07, 6.45) is -0.115. The van der Waals surface area contributed by atoms with Gasteiger partial charge in [0.2, 0.25) is 0 Å². The number of carbonyl (C=O) groups is 2. The van der Waals surface area contributed by atoms with E-state index in [1.165, 1.54) is 24.3 Å². The molecule has 0 aliphatic carbocycles. The molecule has 9 heteroatoms. The first kappa shape index (κ1) is 18.6. The highest BCUT2D eigenvalue weighted by Crippen LogP contribution is 2.16.